The summed E-state index contributed by atoms with van der Waals surface area (Å²) < 4.78 is 1.88. The van der Waals surface area contributed by atoms with Crippen LogP contribution in [0.2, 0.25) is 0 Å². The van der Waals surface area contributed by atoms with Crippen LogP contribution in [0.5, 0.6) is 0 Å². The van der Waals surface area contributed by atoms with E-state index in [9.17, 15) is 15.2 Å². The van der Waals surface area contributed by atoms with Crippen molar-refractivity contribution in [3.63, 3.8) is 0 Å². The molecule has 3 aromatic heterocycles. The molecule has 0 radical (unpaired) electrons. The van der Waals surface area contributed by atoms with Gasteiger partial charge in [-0.3, -0.25) is 9.78 Å². The number of benzene rings is 1. The molecule has 0 bridgehead atoms. The fraction of sp³-hybridized carbons (Fsp3) is 0.258. The van der Waals surface area contributed by atoms with Crippen molar-refractivity contribution in [1.29, 1.82) is 5.26 Å². The van der Waals surface area contributed by atoms with E-state index in [1.54, 1.807) is 6.20 Å². The number of allylic oxidation sites excluding steroid dienone is 2. The molecule has 0 saturated heterocycles. The maximum absolute atomic E-state index is 12.9. The Kier molecular flexibility index (Phi) is 5.77. The summed E-state index contributed by atoms with van der Waals surface area (Å²) in [6.07, 6.45) is 7.02. The van der Waals surface area contributed by atoms with Gasteiger partial charge in [0.05, 0.1) is 23.6 Å². The van der Waals surface area contributed by atoms with E-state index in [4.69, 9.17) is 10.1 Å². The summed E-state index contributed by atoms with van der Waals surface area (Å²) in [5.41, 5.74) is 6.02. The van der Waals surface area contributed by atoms with Crippen molar-refractivity contribution < 1.29 is 9.90 Å². The number of rotatable bonds is 4. The number of carbonyl (C=O) groups excluding carboxylic acids is 1. The SMILES string of the molecule is C[C@H]1C(=O)C(C#N)=C[C@@]2(C)c3c(c(-c4ccccn4)nn3-c3ccc(-c4cccc(CO)c4)cn3)CC[C@H]12. The monoisotopic (exact) mass is 501 g/mol. The van der Waals surface area contributed by atoms with Gasteiger partial charge in [-0.25, -0.2) is 9.67 Å². The van der Waals surface area contributed by atoms with Crippen LogP contribution in [-0.2, 0) is 23.2 Å². The van der Waals surface area contributed by atoms with Crippen molar-refractivity contribution in [3.05, 3.63) is 95.5 Å². The molecule has 0 unspecified atom stereocenters. The van der Waals surface area contributed by atoms with Crippen molar-refractivity contribution in [2.75, 3.05) is 0 Å². The fourth-order valence-electron chi connectivity index (χ4n) is 6.25. The molecule has 4 aromatic rings. The molecule has 1 aromatic carbocycles. The summed E-state index contributed by atoms with van der Waals surface area (Å²) in [6.45, 7) is 4.04. The quantitative estimate of drug-likeness (QED) is 0.423. The standard InChI is InChI=1S/C31H27N5O2/c1-19-25-11-10-24-28(26-8-3-4-13-33-26)35-36(30(24)31(25,2)15-23(16-32)29(19)38)27-12-9-22(17-34-27)21-7-5-6-20(14-21)18-37/h3-9,12-15,17,19,25,37H,10-11,18H2,1-2H3/t19-,25-,31-/m1/s1. The molecule has 6 rings (SSSR count). The second kappa shape index (κ2) is 9.16. The number of aliphatic hydroxyl groups excluding tert-OH is 1. The second-order valence-corrected chi connectivity index (χ2v) is 10.3. The first-order chi connectivity index (χ1) is 18.4. The minimum atomic E-state index is -0.568. The molecule has 188 valence electrons. The summed E-state index contributed by atoms with van der Waals surface area (Å²) in [4.78, 5) is 22.3. The van der Waals surface area contributed by atoms with Gasteiger partial charge in [0.2, 0.25) is 0 Å². The largest absolute Gasteiger partial charge is 0.392 e. The Labute approximate surface area is 221 Å². The van der Waals surface area contributed by atoms with E-state index >= 15 is 0 Å². The van der Waals surface area contributed by atoms with Crippen molar-refractivity contribution in [1.82, 2.24) is 19.7 Å². The van der Waals surface area contributed by atoms with Crippen molar-refractivity contribution in [3.8, 4) is 34.4 Å². The van der Waals surface area contributed by atoms with Crippen LogP contribution in [0.3, 0.4) is 0 Å². The highest BCUT2D eigenvalue weighted by molar-refractivity contribution is 6.02. The molecular formula is C31H27N5O2. The lowest BCUT2D eigenvalue weighted by molar-refractivity contribution is -0.121. The molecular weight excluding hydrogens is 474 g/mol. The number of carbonyl (C=O) groups is 1. The lowest BCUT2D eigenvalue weighted by atomic mass is 9.58. The zero-order valence-electron chi connectivity index (χ0n) is 21.3. The molecule has 0 aliphatic heterocycles. The Morgan fingerprint density at radius 2 is 2.00 bits per heavy atom. The van der Waals surface area contributed by atoms with Gasteiger partial charge in [-0.15, -0.1) is 0 Å². The zero-order valence-corrected chi connectivity index (χ0v) is 21.3. The Morgan fingerprint density at radius 1 is 1.13 bits per heavy atom. The highest BCUT2D eigenvalue weighted by Gasteiger charge is 2.51. The van der Waals surface area contributed by atoms with Crippen molar-refractivity contribution in [2.24, 2.45) is 11.8 Å². The number of aliphatic hydroxyl groups is 1. The Hall–Kier alpha value is -4.41. The minimum absolute atomic E-state index is 0.0199. The number of hydrogen-bond acceptors (Lipinski definition) is 6. The zero-order chi connectivity index (χ0) is 26.4. The van der Waals surface area contributed by atoms with Gasteiger partial charge in [0.25, 0.3) is 0 Å². The van der Waals surface area contributed by atoms with E-state index in [-0.39, 0.29) is 29.8 Å². The molecule has 3 heterocycles. The number of pyridine rings is 2. The molecule has 7 heteroatoms. The number of hydrogen-bond donors (Lipinski definition) is 1. The fourth-order valence-corrected chi connectivity index (χ4v) is 6.25. The third-order valence-corrected chi connectivity index (χ3v) is 8.13. The van der Waals surface area contributed by atoms with Gasteiger partial charge >= 0.3 is 0 Å². The average Bonchev–Trinajstić information content (AvgIpc) is 3.37. The van der Waals surface area contributed by atoms with Gasteiger partial charge in [-0.1, -0.05) is 44.2 Å². The average molecular weight is 502 g/mol. The van der Waals surface area contributed by atoms with Crippen LogP contribution in [0.1, 0.15) is 37.1 Å². The number of nitrogens with zero attached hydrogens (tertiary/aromatic N) is 5. The van der Waals surface area contributed by atoms with E-state index in [2.05, 4.69) is 18.0 Å². The topological polar surface area (TPSA) is 105 Å². The Balaban J connectivity index is 1.54. The van der Waals surface area contributed by atoms with Gasteiger partial charge in [-0.05, 0) is 60.2 Å². The minimum Gasteiger partial charge on any atom is -0.392 e. The lowest BCUT2D eigenvalue weighted by Crippen LogP contribution is -2.46. The maximum Gasteiger partial charge on any atom is 0.176 e. The third kappa shape index (κ3) is 3.68. The summed E-state index contributed by atoms with van der Waals surface area (Å²) in [6, 6.07) is 19.6. The summed E-state index contributed by atoms with van der Waals surface area (Å²) in [5, 5.41) is 24.4. The van der Waals surface area contributed by atoms with Crippen LogP contribution in [0, 0.1) is 23.2 Å². The van der Waals surface area contributed by atoms with Crippen LogP contribution in [0.4, 0.5) is 0 Å². The van der Waals surface area contributed by atoms with E-state index in [1.807, 2.05) is 78.5 Å². The summed E-state index contributed by atoms with van der Waals surface area (Å²) >= 11 is 0. The number of fused-ring (bicyclic) bond motifs is 3. The van der Waals surface area contributed by atoms with Crippen molar-refractivity contribution >= 4 is 5.78 Å². The molecule has 0 amide bonds. The Bertz CT molecular complexity index is 1610. The molecule has 3 atom stereocenters. The van der Waals surface area contributed by atoms with Crippen LogP contribution < -0.4 is 0 Å². The van der Waals surface area contributed by atoms with E-state index < -0.39 is 5.41 Å². The second-order valence-electron chi connectivity index (χ2n) is 10.3. The van der Waals surface area contributed by atoms with Crippen LogP contribution in [-0.4, -0.2) is 30.6 Å². The first kappa shape index (κ1) is 24.0. The molecule has 38 heavy (non-hydrogen) atoms. The predicted octanol–water partition coefficient (Wildman–Crippen LogP) is 4.98. The lowest BCUT2D eigenvalue weighted by Gasteiger charge is -2.45. The molecule has 1 N–H and O–H groups in total. The molecule has 0 spiro atoms. The first-order valence-corrected chi connectivity index (χ1v) is 12.8. The Morgan fingerprint density at radius 3 is 2.71 bits per heavy atom. The number of ketones is 1. The van der Waals surface area contributed by atoms with E-state index in [1.165, 1.54) is 0 Å². The highest BCUT2D eigenvalue weighted by atomic mass is 16.3. The summed E-state index contributed by atoms with van der Waals surface area (Å²) in [5.74, 6) is 0.363. The van der Waals surface area contributed by atoms with E-state index in [0.717, 1.165) is 52.2 Å². The predicted molar refractivity (Wildman–Crippen MR) is 143 cm³/mol. The van der Waals surface area contributed by atoms with Crippen molar-refractivity contribution in [2.45, 2.75) is 38.7 Å². The highest BCUT2D eigenvalue weighted by Crippen LogP contribution is 2.51. The normalized spacial score (nSPS) is 22.3. The number of nitriles is 1. The van der Waals surface area contributed by atoms with Gasteiger partial charge in [0, 0.05) is 34.9 Å². The molecule has 0 saturated carbocycles. The van der Waals surface area contributed by atoms with Crippen LogP contribution >= 0.6 is 0 Å². The summed E-state index contributed by atoms with van der Waals surface area (Å²) in [7, 11) is 0. The van der Waals surface area contributed by atoms with Gasteiger partial charge in [0.15, 0.2) is 11.6 Å². The molecule has 7 nitrogen and oxygen atoms in total. The third-order valence-electron chi connectivity index (χ3n) is 8.13. The van der Waals surface area contributed by atoms with Gasteiger partial charge in [0.1, 0.15) is 11.8 Å². The molecule has 2 aliphatic carbocycles. The van der Waals surface area contributed by atoms with Gasteiger partial charge in [-0.2, -0.15) is 10.4 Å². The maximum atomic E-state index is 12.9. The first-order valence-electron chi connectivity index (χ1n) is 12.8. The van der Waals surface area contributed by atoms with Crippen LogP contribution in [0.15, 0.2) is 78.6 Å². The van der Waals surface area contributed by atoms with Crippen LogP contribution in [0.25, 0.3) is 28.3 Å². The number of Topliss-reactive ketones (excluding diaryl/α,β-unsaturated/α-hetero) is 1. The smallest absolute Gasteiger partial charge is 0.176 e. The number of aromatic nitrogens is 4. The van der Waals surface area contributed by atoms with Gasteiger partial charge < -0.3 is 5.11 Å². The molecule has 2 aliphatic rings. The van der Waals surface area contributed by atoms with E-state index in [0.29, 0.717) is 5.82 Å². The molecule has 0 fully saturated rings.